The minimum atomic E-state index is -3.74. The fourth-order valence-electron chi connectivity index (χ4n) is 37.0. The molecule has 20 heteroatoms. The highest BCUT2D eigenvalue weighted by molar-refractivity contribution is 7.86. The van der Waals surface area contributed by atoms with Gasteiger partial charge in [-0.25, -0.2) is 0 Å². The second-order valence-corrected chi connectivity index (χ2v) is 50.2. The zero-order valence-corrected chi connectivity index (χ0v) is 81.9. The fraction of sp³-hybridized carbons (Fsp3) is 0.780. The molecule has 0 spiro atoms. The SMILES string of the molecule is CN1C(=O)C=C[C@]2(C)C3CC[C@]4(C)[C@@H](C(=O)O)CC[C@H]4C3CC[C@@H]12.CN1C(=O)C=C[C@]2(C)C3CC[C@]4(C)[C@@H](CC#N)CC[C@H]4C3CC[C@@H]12.CN1C(=O)C=C[C@]2(C)C3CC[C@]4(C)[C@@H](CC(=O)O)CC[C@H]4C3CC[C@@H]12.CN1C(=O)C=C[C@]2(C)C3CC[C@]4(C)[C@@H](CO)CC[C@H]4C3CC[C@@H]12.Cc1ccc(S(=O)(=O)OC[C@H]2CC[C@H]3C4CC[C@H]5N(C)C(=O)C=C[C@]5(C)C4CC[C@]23C)cc1. The van der Waals surface area contributed by atoms with Crippen molar-refractivity contribution < 1.29 is 61.5 Å². The molecule has 10 unspecified atom stereocenters. The van der Waals surface area contributed by atoms with Gasteiger partial charge in [0.2, 0.25) is 29.5 Å². The van der Waals surface area contributed by atoms with Crippen molar-refractivity contribution in [2.24, 2.45) is 173 Å². The Hall–Kier alpha value is -6.43. The summed E-state index contributed by atoms with van der Waals surface area (Å²) in [7, 11) is 6.10. The highest BCUT2D eigenvalue weighted by atomic mass is 32.2. The number of hydrogen-bond donors (Lipinski definition) is 3. The van der Waals surface area contributed by atoms with Crippen molar-refractivity contribution >= 4 is 51.6 Å². The number of aryl methyl sites for hydroxylation is 1. The summed E-state index contributed by atoms with van der Waals surface area (Å²) in [5.74, 6) is 11.1. The summed E-state index contributed by atoms with van der Waals surface area (Å²) < 4.78 is 31.2. The second-order valence-electron chi connectivity index (χ2n) is 48.6. The molecule has 15 saturated carbocycles. The number of fused-ring (bicyclic) bond motifs is 25. The Morgan fingerprint density at radius 3 is 0.977 bits per heavy atom. The van der Waals surface area contributed by atoms with Crippen LogP contribution >= 0.6 is 0 Å². The number of carbonyl (C=O) groups excluding carboxylic acids is 5. The van der Waals surface area contributed by atoms with Crippen LogP contribution in [0.3, 0.4) is 0 Å². The Bertz CT molecular complexity index is 4820. The number of carboxylic acids is 2. The summed E-state index contributed by atoms with van der Waals surface area (Å²) >= 11 is 0. The van der Waals surface area contributed by atoms with E-state index in [4.69, 9.17) is 4.18 Å². The van der Waals surface area contributed by atoms with E-state index in [-0.39, 0.29) is 96.2 Å². The molecule has 1 aromatic carbocycles. The number of nitriles is 1. The normalized spacial score (nSPS) is 47.7. The number of carboxylic acid groups (broad SMARTS) is 2. The van der Waals surface area contributed by atoms with Crippen LogP contribution in [-0.2, 0) is 47.9 Å². The first-order valence-corrected chi connectivity index (χ1v) is 52.5. The van der Waals surface area contributed by atoms with E-state index >= 15 is 0 Å². The molecule has 5 aliphatic heterocycles. The van der Waals surface area contributed by atoms with Crippen LogP contribution in [0.2, 0.25) is 0 Å². The molecule has 21 rings (SSSR count). The Kier molecular flexibility index (Phi) is 25.2. The molecule has 708 valence electrons. The smallest absolute Gasteiger partial charge is 0.307 e. The summed E-state index contributed by atoms with van der Waals surface area (Å²) in [4.78, 5) is 93.8. The number of likely N-dealkylation sites (N-methyl/N-ethyl adjacent to an activating group) is 5. The van der Waals surface area contributed by atoms with Gasteiger partial charge in [0.15, 0.2) is 0 Å². The van der Waals surface area contributed by atoms with Gasteiger partial charge in [0, 0.05) is 112 Å². The van der Waals surface area contributed by atoms with E-state index < -0.39 is 22.1 Å². The highest BCUT2D eigenvalue weighted by Crippen LogP contribution is 2.72. The number of aliphatic hydroxyl groups excluding tert-OH is 1. The molecule has 0 radical (unpaired) electrons. The Morgan fingerprint density at radius 1 is 0.380 bits per heavy atom. The van der Waals surface area contributed by atoms with Crippen LogP contribution in [-0.4, -0.2) is 168 Å². The second kappa shape index (κ2) is 34.4. The molecule has 1 aromatic rings. The zero-order valence-electron chi connectivity index (χ0n) is 81.1. The molecule has 0 bridgehead atoms. The predicted molar refractivity (Wildman–Crippen MR) is 499 cm³/mol. The van der Waals surface area contributed by atoms with Gasteiger partial charge >= 0.3 is 11.9 Å². The van der Waals surface area contributed by atoms with Crippen molar-refractivity contribution in [3.8, 4) is 6.07 Å². The molecule has 129 heavy (non-hydrogen) atoms. The molecular formula is C109H158N6O13S. The standard InChI is InChI=1S/C27H37NO4S.C21H30N2O.C21H31NO3.C20H29NO3.C20H31NO2/c1-18-5-8-20(9-6-18)33(30,31)32-17-19-7-11-22-21-10-12-24-27(3,16-14-25(29)28(24)4)23(21)13-15-26(19,22)2;1-20-11-8-17-15(16(20)6-4-14(20)10-13-22)5-7-18-21(17,2)12-9-19(24)23(18)3;1-20-10-8-16-14(15(20)6-4-13(20)12-19(24)25)5-7-17-21(16,2)11-9-18(23)22(17)3;1-19-10-8-14-12(13(19)5-6-15(19)18(23)24)4-7-16-20(14,2)11-9-17(22)21(16)3;1-19-10-8-16-14(15(19)6-4-13(19)12-22)5-7-17-20(16,2)11-9-18(23)21(17)3/h5-6,8-9,14,16,19,21-24H,7,10-13,15,17H2,1-4H3;9,12,14-18H,4-8,10-11H2,1-3H3;9,11,13-17H,4-8,10,12H2,1-3H3,(H,24,25);9,11-16H,4-8,10H2,1-3H3,(H,23,24);9,11,13-17,22H,4-8,10,12H2,1-3H3/t19-,21?,22+,23?,24-,26-,27-;14-,15?,16+,17?,18-,20-,21-;13-,14?,15+,16?,17-,20-,21-;12?,13-,14?,15+,16+,19-,20+;13-,14?,15+,16?,17-,19-,20-/m11101/s1. The number of carbonyl (C=O) groups is 7. The molecule has 5 heterocycles. The topological polar surface area (TPSA) is 264 Å². The Balaban J connectivity index is 0.000000114. The van der Waals surface area contributed by atoms with Gasteiger partial charge < -0.3 is 39.8 Å². The van der Waals surface area contributed by atoms with Crippen LogP contribution in [0.25, 0.3) is 0 Å². The van der Waals surface area contributed by atoms with Crippen molar-refractivity contribution in [1.29, 1.82) is 5.26 Å². The molecule has 15 aliphatic carbocycles. The third-order valence-electron chi connectivity index (χ3n) is 44.4. The predicted octanol–water partition coefficient (Wildman–Crippen LogP) is 19.4. The van der Waals surface area contributed by atoms with Crippen molar-refractivity contribution in [3.63, 3.8) is 0 Å². The summed E-state index contributed by atoms with van der Waals surface area (Å²) in [5, 5.41) is 38.0. The van der Waals surface area contributed by atoms with Gasteiger partial charge in [-0.3, -0.25) is 37.7 Å². The lowest BCUT2D eigenvalue weighted by atomic mass is 9.47. The van der Waals surface area contributed by atoms with Gasteiger partial charge in [-0.05, 0) is 382 Å². The van der Waals surface area contributed by atoms with E-state index in [0.717, 1.165) is 145 Å². The van der Waals surface area contributed by atoms with Crippen LogP contribution in [0.15, 0.2) is 89.9 Å². The van der Waals surface area contributed by atoms with Gasteiger partial charge in [-0.15, -0.1) is 0 Å². The lowest BCUT2D eigenvalue weighted by Crippen LogP contribution is -2.59. The molecule has 3 N–H and O–H groups in total. The van der Waals surface area contributed by atoms with Gasteiger partial charge in [0.25, 0.3) is 10.1 Å². The zero-order chi connectivity index (χ0) is 92.4. The number of benzene rings is 1. The van der Waals surface area contributed by atoms with Crippen LogP contribution in [0.5, 0.6) is 0 Å². The lowest BCUT2D eigenvalue weighted by molar-refractivity contribution is -0.152. The first-order valence-electron chi connectivity index (χ1n) is 51.1. The number of nitrogens with zero attached hydrogens (tertiary/aromatic N) is 6. The van der Waals surface area contributed by atoms with E-state index in [1.807, 2.05) is 90.9 Å². The third-order valence-corrected chi connectivity index (χ3v) is 45.7. The van der Waals surface area contributed by atoms with Crippen molar-refractivity contribution in [2.75, 3.05) is 48.5 Å². The van der Waals surface area contributed by atoms with Crippen LogP contribution in [0.4, 0.5) is 0 Å². The Labute approximate surface area is 772 Å². The van der Waals surface area contributed by atoms with Crippen LogP contribution in [0, 0.1) is 191 Å². The number of aliphatic carboxylic acids is 2. The number of rotatable bonds is 9. The molecule has 35 atom stereocenters. The average Bonchev–Trinajstić information content (AvgIpc) is 1.68. The van der Waals surface area contributed by atoms with Gasteiger partial charge in [0.1, 0.15) is 0 Å². The van der Waals surface area contributed by atoms with Crippen molar-refractivity contribution in [2.45, 2.75) is 317 Å². The molecule has 0 saturated heterocycles. The molecule has 15 fully saturated rings. The molecule has 0 aromatic heterocycles. The summed E-state index contributed by atoms with van der Waals surface area (Å²) in [6.45, 7) is 26.4. The highest BCUT2D eigenvalue weighted by Gasteiger charge is 2.68. The van der Waals surface area contributed by atoms with Crippen molar-refractivity contribution in [3.05, 3.63) is 90.6 Å². The van der Waals surface area contributed by atoms with Crippen LogP contribution in [0.1, 0.15) is 280 Å². The van der Waals surface area contributed by atoms with E-state index in [0.29, 0.717) is 137 Å². The first-order chi connectivity index (χ1) is 60.9. The number of aliphatic hydroxyl groups is 1. The summed E-state index contributed by atoms with van der Waals surface area (Å²) in [6, 6.07) is 11.0. The number of hydrogen-bond acceptors (Lipinski definition) is 12. The third kappa shape index (κ3) is 15.2. The summed E-state index contributed by atoms with van der Waals surface area (Å²) in [6.07, 6.45) is 55.7. The summed E-state index contributed by atoms with van der Waals surface area (Å²) in [5.41, 5.74) is 2.49. The molecule has 5 amide bonds. The van der Waals surface area contributed by atoms with Gasteiger partial charge in [0.05, 0.1) is 23.5 Å². The number of amides is 5. The van der Waals surface area contributed by atoms with E-state index in [1.165, 1.54) is 83.5 Å². The maximum Gasteiger partial charge on any atom is 0.307 e. The molecular weight excluding hydrogens is 1630 g/mol. The minimum absolute atomic E-state index is 0.0314. The quantitative estimate of drug-likeness (QED) is 0.194. The van der Waals surface area contributed by atoms with Crippen LogP contribution < -0.4 is 0 Å². The van der Waals surface area contributed by atoms with Gasteiger partial charge in [-0.1, -0.05) is 117 Å². The monoisotopic (exact) mass is 1790 g/mol. The van der Waals surface area contributed by atoms with E-state index in [2.05, 4.69) is 106 Å². The minimum Gasteiger partial charge on any atom is -0.481 e. The Morgan fingerprint density at radius 2 is 0.659 bits per heavy atom. The van der Waals surface area contributed by atoms with Gasteiger partial charge in [-0.2, -0.15) is 13.7 Å². The van der Waals surface area contributed by atoms with Crippen molar-refractivity contribution in [1.82, 2.24) is 24.5 Å². The largest absolute Gasteiger partial charge is 0.481 e. The van der Waals surface area contributed by atoms with E-state index in [1.54, 1.807) is 30.4 Å². The first kappa shape index (κ1) is 94.3. The maximum atomic E-state index is 12.8. The van der Waals surface area contributed by atoms with E-state index in [9.17, 15) is 62.6 Å². The molecule has 19 nitrogen and oxygen atoms in total. The average molecular weight is 1790 g/mol. The maximum absolute atomic E-state index is 12.8. The fourth-order valence-corrected chi connectivity index (χ4v) is 38.0. The molecule has 20 aliphatic rings. The lowest BCUT2D eigenvalue weighted by Gasteiger charge is -2.60.